The molecule has 26 heavy (non-hydrogen) atoms. The molecule has 3 aromatic heterocycles. The van der Waals surface area contributed by atoms with Crippen molar-refractivity contribution in [3.05, 3.63) is 40.7 Å². The first-order chi connectivity index (χ1) is 12.5. The van der Waals surface area contributed by atoms with Gasteiger partial charge in [-0.05, 0) is 32.0 Å². The Morgan fingerprint density at radius 2 is 2.15 bits per heavy atom. The smallest absolute Gasteiger partial charge is 0.322 e. The van der Waals surface area contributed by atoms with Gasteiger partial charge in [-0.3, -0.25) is 10.1 Å². The number of aromatic nitrogens is 4. The molecule has 0 unspecified atom stereocenters. The fourth-order valence-electron chi connectivity index (χ4n) is 2.69. The van der Waals surface area contributed by atoms with Crippen LogP contribution in [0.1, 0.15) is 21.2 Å². The third kappa shape index (κ3) is 2.82. The van der Waals surface area contributed by atoms with Gasteiger partial charge in [-0.15, -0.1) is 16.4 Å². The number of aromatic amines is 1. The number of methoxy groups -OCH3 is 1. The zero-order chi connectivity index (χ0) is 18.3. The Labute approximate surface area is 152 Å². The van der Waals surface area contributed by atoms with Gasteiger partial charge in [0.15, 0.2) is 0 Å². The van der Waals surface area contributed by atoms with Crippen LogP contribution in [0.5, 0.6) is 5.75 Å². The van der Waals surface area contributed by atoms with E-state index in [1.165, 1.54) is 11.3 Å². The third-order valence-electron chi connectivity index (χ3n) is 3.83. The summed E-state index contributed by atoms with van der Waals surface area (Å²) >= 11 is 1.46. The second-order valence-corrected chi connectivity index (χ2v) is 6.82. The van der Waals surface area contributed by atoms with Gasteiger partial charge < -0.3 is 14.1 Å². The van der Waals surface area contributed by atoms with E-state index >= 15 is 0 Å². The summed E-state index contributed by atoms with van der Waals surface area (Å²) in [4.78, 5) is 20.7. The summed E-state index contributed by atoms with van der Waals surface area (Å²) in [7, 11) is 1.59. The van der Waals surface area contributed by atoms with Gasteiger partial charge in [-0.2, -0.15) is 0 Å². The van der Waals surface area contributed by atoms with E-state index in [1.54, 1.807) is 13.2 Å². The quantitative estimate of drug-likeness (QED) is 0.570. The second kappa shape index (κ2) is 6.26. The lowest BCUT2D eigenvalue weighted by Crippen LogP contribution is -2.12. The first-order valence-corrected chi connectivity index (χ1v) is 8.62. The van der Waals surface area contributed by atoms with Gasteiger partial charge in [0.2, 0.25) is 0 Å². The van der Waals surface area contributed by atoms with Crippen LogP contribution in [0.15, 0.2) is 28.7 Å². The van der Waals surface area contributed by atoms with Gasteiger partial charge in [0.1, 0.15) is 16.3 Å². The molecule has 1 aromatic carbocycles. The molecule has 0 spiro atoms. The van der Waals surface area contributed by atoms with Crippen LogP contribution >= 0.6 is 11.3 Å². The van der Waals surface area contributed by atoms with E-state index in [2.05, 4.69) is 25.5 Å². The number of nitrogens with one attached hydrogen (secondary N) is 2. The minimum absolute atomic E-state index is 0.0288. The van der Waals surface area contributed by atoms with Gasteiger partial charge >= 0.3 is 6.01 Å². The van der Waals surface area contributed by atoms with Crippen LogP contribution < -0.4 is 10.1 Å². The highest BCUT2D eigenvalue weighted by molar-refractivity contribution is 7.15. The maximum atomic E-state index is 12.5. The molecule has 3 heterocycles. The van der Waals surface area contributed by atoms with Crippen molar-refractivity contribution in [2.45, 2.75) is 13.8 Å². The summed E-state index contributed by atoms with van der Waals surface area (Å²) in [6.45, 7) is 3.78. The number of rotatable bonds is 4. The SMILES string of the molecule is COc1cccc2[nH]c(C(=O)Nc3nnc(-c4sc(C)nc4C)o3)cc12. The van der Waals surface area contributed by atoms with E-state index in [1.807, 2.05) is 32.0 Å². The lowest BCUT2D eigenvalue weighted by atomic mass is 10.2. The molecule has 0 aliphatic carbocycles. The summed E-state index contributed by atoms with van der Waals surface area (Å²) in [5, 5.41) is 12.2. The number of carbonyl (C=O) groups excluding carboxylic acids is 1. The fourth-order valence-corrected chi connectivity index (χ4v) is 3.53. The molecular formula is C17H15N5O3S. The molecule has 9 heteroatoms. The number of amides is 1. The maximum Gasteiger partial charge on any atom is 0.322 e. The normalized spacial score (nSPS) is 11.0. The van der Waals surface area contributed by atoms with Gasteiger partial charge in [0, 0.05) is 10.9 Å². The van der Waals surface area contributed by atoms with Crippen molar-refractivity contribution in [3.8, 4) is 16.5 Å². The Balaban J connectivity index is 1.58. The number of H-pyrrole nitrogens is 1. The van der Waals surface area contributed by atoms with Crippen LogP contribution in [0.3, 0.4) is 0 Å². The molecule has 8 nitrogen and oxygen atoms in total. The Morgan fingerprint density at radius 3 is 2.88 bits per heavy atom. The number of aryl methyl sites for hydroxylation is 2. The van der Waals surface area contributed by atoms with Crippen molar-refractivity contribution < 1.29 is 13.9 Å². The molecule has 0 bridgehead atoms. The van der Waals surface area contributed by atoms with E-state index in [0.717, 1.165) is 26.5 Å². The van der Waals surface area contributed by atoms with E-state index < -0.39 is 0 Å². The number of hydrogen-bond donors (Lipinski definition) is 2. The summed E-state index contributed by atoms with van der Waals surface area (Å²) in [6.07, 6.45) is 0. The molecule has 0 radical (unpaired) electrons. The number of fused-ring (bicyclic) bond motifs is 1. The van der Waals surface area contributed by atoms with E-state index in [9.17, 15) is 4.79 Å². The van der Waals surface area contributed by atoms with E-state index in [4.69, 9.17) is 9.15 Å². The van der Waals surface area contributed by atoms with Crippen LogP contribution in [0, 0.1) is 13.8 Å². The van der Waals surface area contributed by atoms with Crippen molar-refractivity contribution in [2.24, 2.45) is 0 Å². The summed E-state index contributed by atoms with van der Waals surface area (Å²) in [5.41, 5.74) is 1.99. The standard InChI is InChI=1S/C17H15N5O3S/c1-8-14(26-9(2)18-8)16-21-22-17(25-16)20-15(23)12-7-10-11(19-12)5-4-6-13(10)24-3/h4-7,19H,1-3H3,(H,20,22,23). The van der Waals surface area contributed by atoms with Crippen LogP contribution in [0.4, 0.5) is 6.01 Å². The van der Waals surface area contributed by atoms with E-state index in [0.29, 0.717) is 17.3 Å². The fraction of sp³-hybridized carbons (Fsp3) is 0.176. The van der Waals surface area contributed by atoms with Gasteiger partial charge in [-0.25, -0.2) is 4.98 Å². The number of carbonyl (C=O) groups is 1. The monoisotopic (exact) mass is 369 g/mol. The Hall–Kier alpha value is -3.20. The average Bonchev–Trinajstić information content (AvgIpc) is 3.32. The van der Waals surface area contributed by atoms with Crippen LogP contribution in [0.25, 0.3) is 21.7 Å². The molecule has 0 atom stereocenters. The molecule has 0 aliphatic heterocycles. The Morgan fingerprint density at radius 1 is 1.31 bits per heavy atom. The molecule has 0 fully saturated rings. The largest absolute Gasteiger partial charge is 0.496 e. The first-order valence-electron chi connectivity index (χ1n) is 7.80. The van der Waals surface area contributed by atoms with Crippen molar-refractivity contribution in [3.63, 3.8) is 0 Å². The molecular weight excluding hydrogens is 354 g/mol. The van der Waals surface area contributed by atoms with Crippen molar-refractivity contribution in [1.82, 2.24) is 20.2 Å². The highest BCUT2D eigenvalue weighted by Crippen LogP contribution is 2.30. The number of benzene rings is 1. The topological polar surface area (TPSA) is 106 Å². The molecule has 0 aliphatic rings. The van der Waals surface area contributed by atoms with Crippen molar-refractivity contribution in [1.29, 1.82) is 0 Å². The van der Waals surface area contributed by atoms with Gasteiger partial charge in [0.05, 0.1) is 17.8 Å². The molecule has 0 saturated carbocycles. The lowest BCUT2D eigenvalue weighted by molar-refractivity contribution is 0.102. The summed E-state index contributed by atoms with van der Waals surface area (Å²) in [6, 6.07) is 7.30. The first kappa shape index (κ1) is 16.3. The maximum absolute atomic E-state index is 12.5. The number of ether oxygens (including phenoxy) is 1. The summed E-state index contributed by atoms with van der Waals surface area (Å²) in [5.74, 6) is 0.645. The molecule has 4 aromatic rings. The minimum atomic E-state index is -0.379. The lowest BCUT2D eigenvalue weighted by Gasteiger charge is -1.99. The van der Waals surface area contributed by atoms with Crippen molar-refractivity contribution in [2.75, 3.05) is 12.4 Å². The van der Waals surface area contributed by atoms with Crippen LogP contribution in [-0.2, 0) is 0 Å². The molecule has 2 N–H and O–H groups in total. The number of hydrogen-bond acceptors (Lipinski definition) is 7. The van der Waals surface area contributed by atoms with Gasteiger partial charge in [-0.1, -0.05) is 11.2 Å². The van der Waals surface area contributed by atoms with E-state index in [-0.39, 0.29) is 11.9 Å². The predicted octanol–water partition coefficient (Wildman–Crippen LogP) is 3.55. The minimum Gasteiger partial charge on any atom is -0.496 e. The van der Waals surface area contributed by atoms with Crippen LogP contribution in [-0.4, -0.2) is 33.2 Å². The highest BCUT2D eigenvalue weighted by atomic mass is 32.1. The Kier molecular flexibility index (Phi) is 3.92. The number of nitrogens with zero attached hydrogens (tertiary/aromatic N) is 3. The molecule has 1 amide bonds. The predicted molar refractivity (Wildman–Crippen MR) is 97.7 cm³/mol. The molecule has 132 valence electrons. The van der Waals surface area contributed by atoms with Crippen molar-refractivity contribution >= 4 is 34.2 Å². The molecule has 4 rings (SSSR count). The zero-order valence-electron chi connectivity index (χ0n) is 14.3. The van der Waals surface area contributed by atoms with Gasteiger partial charge in [0.25, 0.3) is 11.8 Å². The third-order valence-corrected chi connectivity index (χ3v) is 4.89. The highest BCUT2D eigenvalue weighted by Gasteiger charge is 2.18. The van der Waals surface area contributed by atoms with Crippen LogP contribution in [0.2, 0.25) is 0 Å². The number of thiazole rings is 1. The number of anilines is 1. The zero-order valence-corrected chi connectivity index (χ0v) is 15.1. The second-order valence-electron chi connectivity index (χ2n) is 5.62. The molecule has 0 saturated heterocycles. The average molecular weight is 369 g/mol. The summed E-state index contributed by atoms with van der Waals surface area (Å²) < 4.78 is 10.9. The Bertz CT molecular complexity index is 1110.